The smallest absolute Gasteiger partial charge is 0.194 e. The first kappa shape index (κ1) is 13.5. The summed E-state index contributed by atoms with van der Waals surface area (Å²) < 4.78 is 2.26. The highest BCUT2D eigenvalue weighted by atomic mass is 32.1. The fraction of sp³-hybridized carbons (Fsp3) is 0.438. The van der Waals surface area contributed by atoms with E-state index >= 15 is 0 Å². The fourth-order valence-electron chi connectivity index (χ4n) is 3.44. The molecule has 3 aromatic rings. The van der Waals surface area contributed by atoms with Gasteiger partial charge in [-0.25, -0.2) is 4.98 Å². The third-order valence-corrected chi connectivity index (χ3v) is 6.26. The number of rotatable bonds is 3. The number of hydrogen-bond donors (Lipinski definition) is 0. The van der Waals surface area contributed by atoms with Crippen LogP contribution in [0.25, 0.3) is 4.96 Å². The highest BCUT2D eigenvalue weighted by Gasteiger charge is 2.28. The van der Waals surface area contributed by atoms with Gasteiger partial charge < -0.3 is 0 Å². The van der Waals surface area contributed by atoms with E-state index in [0.717, 1.165) is 18.1 Å². The number of thiazole rings is 1. The van der Waals surface area contributed by atoms with E-state index in [2.05, 4.69) is 51.2 Å². The second-order valence-electron chi connectivity index (χ2n) is 5.64. The lowest BCUT2D eigenvalue weighted by atomic mass is 9.97. The summed E-state index contributed by atoms with van der Waals surface area (Å²) in [6.45, 7) is 6.59. The van der Waals surface area contributed by atoms with Crippen molar-refractivity contribution < 1.29 is 0 Å². The zero-order chi connectivity index (χ0) is 14.4. The van der Waals surface area contributed by atoms with Crippen molar-refractivity contribution in [1.29, 1.82) is 0 Å². The Hall–Kier alpha value is -1.17. The van der Waals surface area contributed by atoms with Gasteiger partial charge in [0.1, 0.15) is 0 Å². The van der Waals surface area contributed by atoms with E-state index in [4.69, 9.17) is 0 Å². The summed E-state index contributed by atoms with van der Waals surface area (Å²) in [4.78, 5) is 10.0. The highest BCUT2D eigenvalue weighted by Crippen LogP contribution is 2.36. The van der Waals surface area contributed by atoms with Gasteiger partial charge in [-0.05, 0) is 36.8 Å². The average Bonchev–Trinajstić information content (AvgIpc) is 3.17. The number of hydrogen-bond acceptors (Lipinski definition) is 4. The molecular formula is C16H19N3S2. The molecule has 0 amide bonds. The van der Waals surface area contributed by atoms with Crippen LogP contribution in [0.15, 0.2) is 23.0 Å². The quantitative estimate of drug-likeness (QED) is 0.719. The molecule has 0 fully saturated rings. The van der Waals surface area contributed by atoms with Crippen LogP contribution >= 0.6 is 22.7 Å². The van der Waals surface area contributed by atoms with E-state index in [0.29, 0.717) is 6.04 Å². The van der Waals surface area contributed by atoms with Crippen molar-refractivity contribution in [1.82, 2.24) is 14.3 Å². The molecule has 1 aliphatic heterocycles. The zero-order valence-electron chi connectivity index (χ0n) is 12.4. The number of aryl methyl sites for hydroxylation is 1. The van der Waals surface area contributed by atoms with E-state index in [1.165, 1.54) is 24.2 Å². The minimum atomic E-state index is 0.559. The van der Waals surface area contributed by atoms with Crippen molar-refractivity contribution >= 4 is 27.6 Å². The molecule has 21 heavy (non-hydrogen) atoms. The Balaban J connectivity index is 1.68. The van der Waals surface area contributed by atoms with Crippen LogP contribution in [0.4, 0.5) is 0 Å². The molecule has 1 aliphatic rings. The van der Waals surface area contributed by atoms with Crippen molar-refractivity contribution in [2.75, 3.05) is 6.54 Å². The molecule has 0 aromatic carbocycles. The van der Waals surface area contributed by atoms with Crippen LogP contribution in [0.2, 0.25) is 0 Å². The first-order valence-electron chi connectivity index (χ1n) is 7.49. The lowest BCUT2D eigenvalue weighted by Gasteiger charge is -2.35. The molecular weight excluding hydrogens is 298 g/mol. The summed E-state index contributed by atoms with van der Waals surface area (Å²) in [5.74, 6) is 0. The molecule has 0 saturated carbocycles. The normalized spacial score (nSPS) is 19.2. The molecule has 0 spiro atoms. The van der Waals surface area contributed by atoms with E-state index in [1.807, 2.05) is 11.3 Å². The van der Waals surface area contributed by atoms with Gasteiger partial charge in [0.15, 0.2) is 4.96 Å². The van der Waals surface area contributed by atoms with Gasteiger partial charge in [0.05, 0.1) is 11.4 Å². The summed E-state index contributed by atoms with van der Waals surface area (Å²) in [5.41, 5.74) is 4.08. The number of imidazole rings is 1. The van der Waals surface area contributed by atoms with Gasteiger partial charge in [-0.1, -0.05) is 6.92 Å². The van der Waals surface area contributed by atoms with Crippen LogP contribution in [-0.2, 0) is 13.0 Å². The van der Waals surface area contributed by atoms with Crippen LogP contribution in [0.1, 0.15) is 41.2 Å². The van der Waals surface area contributed by atoms with Crippen LogP contribution in [0.3, 0.4) is 0 Å². The van der Waals surface area contributed by atoms with Crippen LogP contribution in [0, 0.1) is 6.92 Å². The topological polar surface area (TPSA) is 20.5 Å². The van der Waals surface area contributed by atoms with E-state index in [-0.39, 0.29) is 0 Å². The Morgan fingerprint density at radius 1 is 1.33 bits per heavy atom. The molecule has 1 atom stereocenters. The molecule has 4 rings (SSSR count). The Morgan fingerprint density at radius 3 is 3.10 bits per heavy atom. The van der Waals surface area contributed by atoms with Crippen molar-refractivity contribution in [2.24, 2.45) is 0 Å². The fourth-order valence-corrected chi connectivity index (χ4v) is 5.15. The van der Waals surface area contributed by atoms with E-state index in [1.54, 1.807) is 21.8 Å². The predicted octanol–water partition coefficient (Wildman–Crippen LogP) is 4.28. The lowest BCUT2D eigenvalue weighted by Crippen LogP contribution is -2.34. The Kier molecular flexibility index (Phi) is 3.36. The standard InChI is InChI=1S/C16H19N3S2/c1-3-13-12-5-8-20-15(12)4-6-18(13)10-14-11(2)17-16-19(14)7-9-21-16/h5,7-9,13H,3-4,6,10H2,1-2H3/t13-/m1/s1. The molecule has 5 heteroatoms. The molecule has 0 radical (unpaired) electrons. The van der Waals surface area contributed by atoms with Gasteiger partial charge in [-0.2, -0.15) is 0 Å². The van der Waals surface area contributed by atoms with Crippen LogP contribution in [-0.4, -0.2) is 20.8 Å². The molecule has 0 N–H and O–H groups in total. The van der Waals surface area contributed by atoms with Gasteiger partial charge in [0, 0.05) is 35.6 Å². The monoisotopic (exact) mass is 317 g/mol. The maximum absolute atomic E-state index is 4.68. The molecule has 3 nitrogen and oxygen atoms in total. The summed E-state index contributed by atoms with van der Waals surface area (Å²) >= 11 is 3.63. The van der Waals surface area contributed by atoms with Crippen LogP contribution in [0.5, 0.6) is 0 Å². The van der Waals surface area contributed by atoms with Gasteiger partial charge in [0.2, 0.25) is 0 Å². The van der Waals surface area contributed by atoms with Crippen LogP contribution < -0.4 is 0 Å². The van der Waals surface area contributed by atoms with Gasteiger partial charge >= 0.3 is 0 Å². The van der Waals surface area contributed by atoms with Crippen molar-refractivity contribution in [2.45, 2.75) is 39.3 Å². The van der Waals surface area contributed by atoms with Crippen molar-refractivity contribution in [3.05, 3.63) is 44.9 Å². The Bertz CT molecular complexity index is 768. The molecule has 110 valence electrons. The number of nitrogens with zero attached hydrogens (tertiary/aromatic N) is 3. The Morgan fingerprint density at radius 2 is 2.24 bits per heavy atom. The molecule has 0 saturated heterocycles. The highest BCUT2D eigenvalue weighted by molar-refractivity contribution is 7.15. The summed E-state index contributed by atoms with van der Waals surface area (Å²) in [7, 11) is 0. The van der Waals surface area contributed by atoms with E-state index in [9.17, 15) is 0 Å². The number of aromatic nitrogens is 2. The van der Waals surface area contributed by atoms with Crippen molar-refractivity contribution in [3.63, 3.8) is 0 Å². The number of thiophene rings is 1. The maximum Gasteiger partial charge on any atom is 0.194 e. The SMILES string of the molecule is CC[C@@H]1c2ccsc2CCN1Cc1c(C)nc2sccn12. The van der Waals surface area contributed by atoms with Crippen molar-refractivity contribution in [3.8, 4) is 0 Å². The largest absolute Gasteiger partial charge is 0.293 e. The van der Waals surface area contributed by atoms with Gasteiger partial charge in [-0.15, -0.1) is 22.7 Å². The zero-order valence-corrected chi connectivity index (χ0v) is 14.0. The molecule has 0 aliphatic carbocycles. The summed E-state index contributed by atoms with van der Waals surface area (Å²) in [5, 5.41) is 4.37. The molecule has 0 bridgehead atoms. The predicted molar refractivity (Wildman–Crippen MR) is 89.3 cm³/mol. The van der Waals surface area contributed by atoms with Gasteiger partial charge in [0.25, 0.3) is 0 Å². The first-order valence-corrected chi connectivity index (χ1v) is 9.25. The molecule has 0 unspecified atom stereocenters. The third kappa shape index (κ3) is 2.15. The van der Waals surface area contributed by atoms with E-state index < -0.39 is 0 Å². The Labute approximate surface area is 132 Å². The molecule has 4 heterocycles. The molecule has 3 aromatic heterocycles. The second-order valence-corrected chi connectivity index (χ2v) is 7.52. The third-order valence-electron chi connectivity index (χ3n) is 4.51. The minimum absolute atomic E-state index is 0.559. The first-order chi connectivity index (χ1) is 10.3. The lowest BCUT2D eigenvalue weighted by molar-refractivity contribution is 0.170. The number of fused-ring (bicyclic) bond motifs is 2. The second kappa shape index (κ2) is 5.23. The summed E-state index contributed by atoms with van der Waals surface area (Å²) in [6.07, 6.45) is 4.51. The maximum atomic E-state index is 4.68. The van der Waals surface area contributed by atoms with Gasteiger partial charge in [-0.3, -0.25) is 9.30 Å². The average molecular weight is 317 g/mol. The summed E-state index contributed by atoms with van der Waals surface area (Å²) in [6, 6.07) is 2.88. The minimum Gasteiger partial charge on any atom is -0.293 e.